The van der Waals surface area contributed by atoms with Gasteiger partial charge in [-0.15, -0.1) is 0 Å². The first-order valence-corrected chi connectivity index (χ1v) is 8.31. The van der Waals surface area contributed by atoms with E-state index in [-0.39, 0.29) is 11.4 Å². The van der Waals surface area contributed by atoms with Crippen molar-refractivity contribution in [2.75, 3.05) is 18.4 Å². The summed E-state index contributed by atoms with van der Waals surface area (Å²) in [5, 5.41) is 9.90. The molecule has 0 unspecified atom stereocenters. The Bertz CT molecular complexity index is 666. The molecule has 3 rings (SSSR count). The lowest BCUT2D eigenvalue weighted by molar-refractivity contribution is 0.194. The highest BCUT2D eigenvalue weighted by molar-refractivity contribution is 5.89. The van der Waals surface area contributed by atoms with Crippen LogP contribution in [0.5, 0.6) is 0 Å². The van der Waals surface area contributed by atoms with Crippen LogP contribution >= 0.6 is 0 Å². The van der Waals surface area contributed by atoms with E-state index in [1.807, 2.05) is 11.0 Å². The lowest BCUT2D eigenvalue weighted by atomic mass is 9.94. The molecule has 2 aromatic rings. The number of carbonyl (C=O) groups excluding carboxylic acids is 1. The number of aromatic amines is 1. The van der Waals surface area contributed by atoms with Crippen LogP contribution in [0.15, 0.2) is 24.7 Å². The third-order valence-corrected chi connectivity index (χ3v) is 4.32. The van der Waals surface area contributed by atoms with Gasteiger partial charge in [-0.1, -0.05) is 20.8 Å². The average molecular weight is 328 g/mol. The van der Waals surface area contributed by atoms with Gasteiger partial charge in [0.1, 0.15) is 5.82 Å². The predicted molar refractivity (Wildman–Crippen MR) is 91.9 cm³/mol. The van der Waals surface area contributed by atoms with E-state index < -0.39 is 0 Å². The molecular weight excluding hydrogens is 304 g/mol. The summed E-state index contributed by atoms with van der Waals surface area (Å²) in [6.45, 7) is 7.65. The van der Waals surface area contributed by atoms with Crippen LogP contribution < -0.4 is 5.32 Å². The molecule has 2 amide bonds. The second-order valence-corrected chi connectivity index (χ2v) is 7.25. The average Bonchev–Trinajstić information content (AvgIpc) is 3.09. The monoisotopic (exact) mass is 328 g/mol. The van der Waals surface area contributed by atoms with Crippen molar-refractivity contribution in [3.63, 3.8) is 0 Å². The van der Waals surface area contributed by atoms with Crippen molar-refractivity contribution in [2.45, 2.75) is 44.9 Å². The quantitative estimate of drug-likeness (QED) is 0.887. The van der Waals surface area contributed by atoms with Crippen LogP contribution in [0, 0.1) is 0 Å². The van der Waals surface area contributed by atoms with Gasteiger partial charge in [-0.2, -0.15) is 5.10 Å². The molecule has 1 fully saturated rings. The number of likely N-dealkylation sites (tertiary alicyclic amines) is 1. The van der Waals surface area contributed by atoms with Gasteiger partial charge >= 0.3 is 6.03 Å². The topological polar surface area (TPSA) is 86.8 Å². The predicted octanol–water partition coefficient (Wildman–Crippen LogP) is 2.91. The Kier molecular flexibility index (Phi) is 4.51. The fourth-order valence-electron chi connectivity index (χ4n) is 2.87. The lowest BCUT2D eigenvalue weighted by Crippen LogP contribution is -2.40. The minimum atomic E-state index is -0.100. The Labute approximate surface area is 141 Å². The molecule has 7 nitrogen and oxygen atoms in total. The summed E-state index contributed by atoms with van der Waals surface area (Å²) in [6.07, 6.45) is 6.99. The Balaban J connectivity index is 1.54. The summed E-state index contributed by atoms with van der Waals surface area (Å²) in [7, 11) is 0. The fraction of sp³-hybridized carbons (Fsp3) is 0.529. The second kappa shape index (κ2) is 6.59. The summed E-state index contributed by atoms with van der Waals surface area (Å²) >= 11 is 0. The highest BCUT2D eigenvalue weighted by Gasteiger charge is 2.25. The second-order valence-electron chi connectivity index (χ2n) is 7.25. The van der Waals surface area contributed by atoms with Crippen molar-refractivity contribution in [3.05, 3.63) is 36.2 Å². The Morgan fingerprint density at radius 3 is 2.46 bits per heavy atom. The minimum absolute atomic E-state index is 0.0924. The summed E-state index contributed by atoms with van der Waals surface area (Å²) in [5.74, 6) is 1.21. The van der Waals surface area contributed by atoms with Gasteiger partial charge in [0.05, 0.1) is 18.1 Å². The molecule has 128 valence electrons. The van der Waals surface area contributed by atoms with Gasteiger partial charge in [0.25, 0.3) is 0 Å². The number of aromatic nitrogens is 4. The van der Waals surface area contributed by atoms with Crippen molar-refractivity contribution in [3.8, 4) is 0 Å². The van der Waals surface area contributed by atoms with E-state index in [1.54, 1.807) is 18.6 Å². The first-order valence-electron chi connectivity index (χ1n) is 8.31. The summed E-state index contributed by atoms with van der Waals surface area (Å²) in [5.41, 5.74) is 1.68. The molecule has 3 heterocycles. The van der Waals surface area contributed by atoms with E-state index in [0.717, 1.165) is 37.4 Å². The number of urea groups is 1. The van der Waals surface area contributed by atoms with Crippen molar-refractivity contribution in [1.82, 2.24) is 25.1 Å². The molecule has 7 heteroatoms. The van der Waals surface area contributed by atoms with Gasteiger partial charge in [-0.25, -0.2) is 14.8 Å². The number of hydrogen-bond donors (Lipinski definition) is 2. The molecule has 0 atom stereocenters. The van der Waals surface area contributed by atoms with Crippen LogP contribution in [0.1, 0.15) is 51.0 Å². The molecule has 0 spiro atoms. The van der Waals surface area contributed by atoms with Gasteiger partial charge in [-0.3, -0.25) is 5.10 Å². The van der Waals surface area contributed by atoms with Crippen LogP contribution in [0.3, 0.4) is 0 Å². The number of anilines is 1. The van der Waals surface area contributed by atoms with Gasteiger partial charge in [0.2, 0.25) is 0 Å². The molecule has 0 aliphatic carbocycles. The van der Waals surface area contributed by atoms with Crippen molar-refractivity contribution in [1.29, 1.82) is 0 Å². The number of piperidine rings is 1. The van der Waals surface area contributed by atoms with Crippen LogP contribution in [0.25, 0.3) is 0 Å². The van der Waals surface area contributed by atoms with Crippen LogP contribution in [-0.4, -0.2) is 44.2 Å². The Morgan fingerprint density at radius 2 is 1.92 bits per heavy atom. The highest BCUT2D eigenvalue weighted by atomic mass is 16.2. The van der Waals surface area contributed by atoms with Crippen LogP contribution in [-0.2, 0) is 5.41 Å². The molecule has 2 N–H and O–H groups in total. The highest BCUT2D eigenvalue weighted by Crippen LogP contribution is 2.26. The number of carbonyl (C=O) groups is 1. The zero-order valence-electron chi connectivity index (χ0n) is 14.4. The molecule has 0 radical (unpaired) electrons. The molecule has 1 aliphatic rings. The molecule has 0 bridgehead atoms. The molecule has 24 heavy (non-hydrogen) atoms. The summed E-state index contributed by atoms with van der Waals surface area (Å²) in [4.78, 5) is 22.9. The zero-order valence-corrected chi connectivity index (χ0v) is 14.4. The Hall–Kier alpha value is -2.44. The number of nitrogens with zero attached hydrogens (tertiary/aromatic N) is 4. The third-order valence-electron chi connectivity index (χ3n) is 4.32. The van der Waals surface area contributed by atoms with Crippen LogP contribution in [0.4, 0.5) is 10.5 Å². The van der Waals surface area contributed by atoms with Crippen molar-refractivity contribution in [2.24, 2.45) is 0 Å². The molecule has 0 aromatic carbocycles. The molecule has 1 saturated heterocycles. The van der Waals surface area contributed by atoms with Crippen molar-refractivity contribution >= 4 is 11.7 Å². The lowest BCUT2D eigenvalue weighted by Gasteiger charge is -2.31. The standard InChI is InChI=1S/C17H24N6O/c1-17(2,3)15-18-10-13(11-19-15)21-16(24)23-8-5-12(6-9-23)14-4-7-20-22-14/h4,7,10-12H,5-6,8-9H2,1-3H3,(H,20,22)(H,21,24). The number of amides is 2. The fourth-order valence-corrected chi connectivity index (χ4v) is 2.87. The first-order chi connectivity index (χ1) is 11.4. The van der Waals surface area contributed by atoms with E-state index in [0.29, 0.717) is 11.6 Å². The van der Waals surface area contributed by atoms with E-state index in [1.165, 1.54) is 0 Å². The largest absolute Gasteiger partial charge is 0.324 e. The van der Waals surface area contributed by atoms with Gasteiger partial charge in [-0.05, 0) is 18.9 Å². The summed E-state index contributed by atoms with van der Waals surface area (Å²) in [6, 6.07) is 1.92. The van der Waals surface area contributed by atoms with Crippen molar-refractivity contribution < 1.29 is 4.79 Å². The van der Waals surface area contributed by atoms with E-state index in [4.69, 9.17) is 0 Å². The molecule has 2 aromatic heterocycles. The van der Waals surface area contributed by atoms with Gasteiger partial charge in [0.15, 0.2) is 0 Å². The first kappa shape index (κ1) is 16.4. The Morgan fingerprint density at radius 1 is 1.25 bits per heavy atom. The van der Waals surface area contributed by atoms with Gasteiger partial charge < -0.3 is 10.2 Å². The van der Waals surface area contributed by atoms with E-state index in [9.17, 15) is 4.79 Å². The minimum Gasteiger partial charge on any atom is -0.324 e. The maximum Gasteiger partial charge on any atom is 0.321 e. The summed E-state index contributed by atoms with van der Waals surface area (Å²) < 4.78 is 0. The smallest absolute Gasteiger partial charge is 0.321 e. The van der Waals surface area contributed by atoms with Crippen LogP contribution in [0.2, 0.25) is 0 Å². The SMILES string of the molecule is CC(C)(C)c1ncc(NC(=O)N2CCC(c3ccn[nH]3)CC2)cn1. The normalized spacial score (nSPS) is 16.2. The zero-order chi connectivity index (χ0) is 17.2. The van der Waals surface area contributed by atoms with E-state index in [2.05, 4.69) is 46.3 Å². The number of H-pyrrole nitrogens is 1. The van der Waals surface area contributed by atoms with E-state index >= 15 is 0 Å². The van der Waals surface area contributed by atoms with Gasteiger partial charge in [0, 0.05) is 36.3 Å². The molecule has 1 aliphatic heterocycles. The number of rotatable bonds is 2. The molecule has 0 saturated carbocycles. The number of hydrogen-bond acceptors (Lipinski definition) is 4. The maximum absolute atomic E-state index is 12.4. The maximum atomic E-state index is 12.4. The molecular formula is C17H24N6O. The third kappa shape index (κ3) is 3.72. The number of nitrogens with one attached hydrogen (secondary N) is 2.